The van der Waals surface area contributed by atoms with E-state index in [2.05, 4.69) is 4.99 Å². The largest absolute Gasteiger partial charge is 0.391 e. The van der Waals surface area contributed by atoms with Gasteiger partial charge < -0.3 is 25.0 Å². The van der Waals surface area contributed by atoms with Gasteiger partial charge in [-0.1, -0.05) is 11.8 Å². The molecule has 1 fully saturated rings. The molecule has 0 saturated carbocycles. The summed E-state index contributed by atoms with van der Waals surface area (Å²) in [5.74, 6) is 0. The molecule has 18 heavy (non-hydrogen) atoms. The first-order chi connectivity index (χ1) is 8.45. The fourth-order valence-corrected chi connectivity index (χ4v) is 3.34. The quantitative estimate of drug-likeness (QED) is 0.614. The summed E-state index contributed by atoms with van der Waals surface area (Å²) in [6.07, 6.45) is -3.71. The zero-order valence-corrected chi connectivity index (χ0v) is 11.5. The van der Waals surface area contributed by atoms with Gasteiger partial charge in [0.1, 0.15) is 29.8 Å². The van der Waals surface area contributed by atoms with E-state index in [0.717, 1.165) is 11.7 Å². The van der Waals surface area contributed by atoms with Gasteiger partial charge in [0, 0.05) is 13.6 Å². The van der Waals surface area contributed by atoms with Crippen LogP contribution in [0.1, 0.15) is 13.8 Å². The molecule has 0 radical (unpaired) electrons. The number of aliphatic hydroxyl groups excluding tert-OH is 3. The lowest BCUT2D eigenvalue weighted by Crippen LogP contribution is -2.57. The van der Waals surface area contributed by atoms with Crippen molar-refractivity contribution in [1.82, 2.24) is 4.90 Å². The second-order valence-corrected chi connectivity index (χ2v) is 5.79. The molecule has 1 saturated heterocycles. The van der Waals surface area contributed by atoms with Gasteiger partial charge in [0.25, 0.3) is 0 Å². The molecule has 0 spiro atoms. The molecule has 7 heteroatoms. The monoisotopic (exact) mass is 276 g/mol. The Morgan fingerprint density at radius 2 is 2.11 bits per heavy atom. The summed E-state index contributed by atoms with van der Waals surface area (Å²) >= 11 is 1.43. The normalized spacial score (nSPS) is 41.2. The third kappa shape index (κ3) is 2.37. The van der Waals surface area contributed by atoms with Gasteiger partial charge in [0.15, 0.2) is 5.17 Å². The van der Waals surface area contributed by atoms with Gasteiger partial charge in [-0.05, 0) is 13.8 Å². The topological polar surface area (TPSA) is 85.5 Å². The van der Waals surface area contributed by atoms with Gasteiger partial charge in [-0.2, -0.15) is 0 Å². The number of aliphatic imine (C=N–C) groups is 1. The van der Waals surface area contributed by atoms with E-state index in [1.807, 2.05) is 18.9 Å². The minimum atomic E-state index is -1.11. The number of aliphatic hydroxyl groups is 3. The highest BCUT2D eigenvalue weighted by Gasteiger charge is 2.49. The van der Waals surface area contributed by atoms with Gasteiger partial charge in [0.2, 0.25) is 0 Å². The molecule has 2 unspecified atom stereocenters. The van der Waals surface area contributed by atoms with Crippen LogP contribution in [0.3, 0.4) is 0 Å². The summed E-state index contributed by atoms with van der Waals surface area (Å²) in [5, 5.41) is 30.3. The molecule has 0 amide bonds. The van der Waals surface area contributed by atoms with E-state index in [1.54, 1.807) is 6.92 Å². The number of fused-ring (bicyclic) bond motifs is 1. The van der Waals surface area contributed by atoms with Crippen LogP contribution in [0.25, 0.3) is 0 Å². The summed E-state index contributed by atoms with van der Waals surface area (Å²) in [6, 6.07) is -0.469. The van der Waals surface area contributed by atoms with Crippen LogP contribution in [0.15, 0.2) is 4.99 Å². The average molecular weight is 276 g/mol. The van der Waals surface area contributed by atoms with Gasteiger partial charge in [-0.25, -0.2) is 0 Å². The Bertz CT molecular complexity index is 339. The maximum Gasteiger partial charge on any atom is 0.162 e. The van der Waals surface area contributed by atoms with Crippen LogP contribution in [-0.4, -0.2) is 74.9 Å². The number of amidine groups is 1. The van der Waals surface area contributed by atoms with E-state index >= 15 is 0 Å². The Kier molecular flexibility index (Phi) is 4.18. The van der Waals surface area contributed by atoms with Crippen LogP contribution < -0.4 is 0 Å². The van der Waals surface area contributed by atoms with Crippen LogP contribution in [0.4, 0.5) is 0 Å². The molecule has 0 aromatic carbocycles. The van der Waals surface area contributed by atoms with Crippen molar-refractivity contribution < 1.29 is 20.1 Å². The molecule has 6 nitrogen and oxygen atoms in total. The van der Waals surface area contributed by atoms with E-state index in [-0.39, 0.29) is 5.44 Å². The lowest BCUT2D eigenvalue weighted by Gasteiger charge is -2.39. The van der Waals surface area contributed by atoms with Crippen LogP contribution in [0.2, 0.25) is 0 Å². The molecule has 0 aromatic rings. The van der Waals surface area contributed by atoms with Crippen LogP contribution in [-0.2, 0) is 4.74 Å². The second-order valence-electron chi connectivity index (χ2n) is 4.73. The maximum atomic E-state index is 10.1. The lowest BCUT2D eigenvalue weighted by atomic mass is 9.95. The Hall–Kier alpha value is -0.340. The first-order valence-corrected chi connectivity index (χ1v) is 6.99. The fourth-order valence-electron chi connectivity index (χ4n) is 2.09. The Morgan fingerprint density at radius 1 is 1.44 bits per heavy atom. The van der Waals surface area contributed by atoms with E-state index in [9.17, 15) is 15.3 Å². The molecule has 2 rings (SSSR count). The summed E-state index contributed by atoms with van der Waals surface area (Å²) in [7, 11) is 1.91. The van der Waals surface area contributed by atoms with Gasteiger partial charge in [0.05, 0.1) is 6.10 Å². The van der Waals surface area contributed by atoms with Crippen LogP contribution in [0, 0.1) is 0 Å². The van der Waals surface area contributed by atoms with Gasteiger partial charge in [-0.15, -0.1) is 0 Å². The van der Waals surface area contributed by atoms with Crippen molar-refractivity contribution in [3.05, 3.63) is 0 Å². The Balaban J connectivity index is 2.13. The van der Waals surface area contributed by atoms with Crippen molar-refractivity contribution in [1.29, 1.82) is 0 Å². The van der Waals surface area contributed by atoms with Crippen molar-refractivity contribution in [2.24, 2.45) is 4.99 Å². The van der Waals surface area contributed by atoms with Crippen LogP contribution >= 0.6 is 11.8 Å². The minimum absolute atomic E-state index is 0.341. The number of rotatable bonds is 2. The predicted octanol–water partition coefficient (Wildman–Crippen LogP) is -0.763. The Labute approximate surface area is 111 Å². The summed E-state index contributed by atoms with van der Waals surface area (Å²) in [5.41, 5.74) is -0.341. The summed E-state index contributed by atoms with van der Waals surface area (Å²) < 4.78 is 5.64. The lowest BCUT2D eigenvalue weighted by molar-refractivity contribution is -0.181. The van der Waals surface area contributed by atoms with E-state index in [1.165, 1.54) is 11.8 Å². The zero-order chi connectivity index (χ0) is 13.4. The predicted molar refractivity (Wildman–Crippen MR) is 69.5 cm³/mol. The van der Waals surface area contributed by atoms with Crippen LogP contribution in [0.5, 0.6) is 0 Å². The Morgan fingerprint density at radius 3 is 2.67 bits per heavy atom. The number of ether oxygens (including phenoxy) is 1. The smallest absolute Gasteiger partial charge is 0.162 e. The maximum absolute atomic E-state index is 10.1. The third-order valence-electron chi connectivity index (χ3n) is 3.36. The molecule has 0 aliphatic carbocycles. The number of thioether (sulfide) groups is 1. The molecule has 0 bridgehead atoms. The molecule has 104 valence electrons. The number of hydrogen-bond donors (Lipinski definition) is 3. The highest BCUT2D eigenvalue weighted by atomic mass is 32.2. The van der Waals surface area contributed by atoms with E-state index in [4.69, 9.17) is 4.74 Å². The van der Waals surface area contributed by atoms with Crippen molar-refractivity contribution in [2.75, 3.05) is 13.6 Å². The zero-order valence-electron chi connectivity index (χ0n) is 10.7. The fraction of sp³-hybridized carbons (Fsp3) is 0.909. The first-order valence-electron chi connectivity index (χ1n) is 6.11. The second kappa shape index (κ2) is 5.34. The molecule has 2 aliphatic rings. The molecule has 6 atom stereocenters. The number of nitrogens with zero attached hydrogens (tertiary/aromatic N) is 2. The minimum Gasteiger partial charge on any atom is -0.391 e. The van der Waals surface area contributed by atoms with Crippen molar-refractivity contribution in [2.45, 2.75) is 49.7 Å². The SMILES string of the molecule is CCN(C)C1=N[C@@H]2C(O)[C@H](O)C([C@H](C)O)O[C@@H]2S1. The molecule has 0 aromatic heterocycles. The molecular weight excluding hydrogens is 256 g/mol. The molecule has 2 aliphatic heterocycles. The first kappa shape index (κ1) is 14.1. The van der Waals surface area contributed by atoms with Crippen molar-refractivity contribution >= 4 is 16.9 Å². The molecule has 2 heterocycles. The molecule has 3 N–H and O–H groups in total. The van der Waals surface area contributed by atoms with E-state index < -0.39 is 30.5 Å². The molecular formula is C11H20N2O4S. The van der Waals surface area contributed by atoms with Gasteiger partial charge in [-0.3, -0.25) is 4.99 Å². The van der Waals surface area contributed by atoms with Gasteiger partial charge >= 0.3 is 0 Å². The highest BCUT2D eigenvalue weighted by molar-refractivity contribution is 8.14. The summed E-state index contributed by atoms with van der Waals surface area (Å²) in [6.45, 7) is 4.36. The average Bonchev–Trinajstić information content (AvgIpc) is 2.76. The third-order valence-corrected chi connectivity index (χ3v) is 4.61. The van der Waals surface area contributed by atoms with E-state index in [0.29, 0.717) is 0 Å². The van der Waals surface area contributed by atoms with Crippen molar-refractivity contribution in [3.63, 3.8) is 0 Å². The highest BCUT2D eigenvalue weighted by Crippen LogP contribution is 2.37. The number of hydrogen-bond acceptors (Lipinski definition) is 7. The summed E-state index contributed by atoms with van der Waals surface area (Å²) in [4.78, 5) is 6.36. The van der Waals surface area contributed by atoms with Crippen molar-refractivity contribution in [3.8, 4) is 0 Å². The standard InChI is InChI=1S/C11H20N2O4S/c1-4-13(3)11-12-6-7(15)8(16)9(5(2)14)17-10(6)18-11/h5-10,14-16H,4H2,1-3H3/t5-,6+,7?,8-,9?,10+/m0/s1.